The van der Waals surface area contributed by atoms with E-state index < -0.39 is 17.7 Å². The van der Waals surface area contributed by atoms with E-state index in [1.165, 1.54) is 5.56 Å². The van der Waals surface area contributed by atoms with Crippen LogP contribution in [0.3, 0.4) is 0 Å². The van der Waals surface area contributed by atoms with Gasteiger partial charge in [-0.05, 0) is 61.4 Å². The number of aliphatic hydroxyl groups is 1. The number of likely N-dealkylation sites (tertiary alicyclic amines) is 1. The largest absolute Gasteiger partial charge is 0.507 e. The van der Waals surface area contributed by atoms with Crippen molar-refractivity contribution in [2.24, 2.45) is 0 Å². The maximum atomic E-state index is 13.1. The fourth-order valence-electron chi connectivity index (χ4n) is 4.72. The van der Waals surface area contributed by atoms with Gasteiger partial charge in [0, 0.05) is 11.6 Å². The molecule has 1 saturated heterocycles. The normalized spacial score (nSPS) is 21.6. The lowest BCUT2D eigenvalue weighted by molar-refractivity contribution is -0.141. The first-order chi connectivity index (χ1) is 14.4. The second kappa shape index (κ2) is 8.10. The number of rotatable bonds is 4. The van der Waals surface area contributed by atoms with Gasteiger partial charge in [0.2, 0.25) is 0 Å². The van der Waals surface area contributed by atoms with Crippen molar-refractivity contribution in [1.82, 2.24) is 4.90 Å². The van der Waals surface area contributed by atoms with Gasteiger partial charge in [-0.2, -0.15) is 0 Å². The number of hydrogen-bond donors (Lipinski definition) is 1. The molecule has 0 spiro atoms. The molecule has 2 fully saturated rings. The first-order valence-electron chi connectivity index (χ1n) is 10.9. The Morgan fingerprint density at radius 3 is 2.27 bits per heavy atom. The summed E-state index contributed by atoms with van der Waals surface area (Å²) in [4.78, 5) is 28.0. The van der Waals surface area contributed by atoms with Crippen molar-refractivity contribution in [3.8, 4) is 0 Å². The van der Waals surface area contributed by atoms with Gasteiger partial charge >= 0.3 is 0 Å². The minimum Gasteiger partial charge on any atom is -0.507 e. The van der Waals surface area contributed by atoms with E-state index in [9.17, 15) is 14.7 Å². The Morgan fingerprint density at radius 2 is 1.67 bits per heavy atom. The van der Waals surface area contributed by atoms with E-state index in [0.29, 0.717) is 5.56 Å². The Balaban J connectivity index is 1.87. The molecule has 1 N–H and O–H groups in total. The molecule has 2 aromatic rings. The molecule has 1 aliphatic carbocycles. The van der Waals surface area contributed by atoms with Crippen LogP contribution in [0.15, 0.2) is 48.0 Å². The summed E-state index contributed by atoms with van der Waals surface area (Å²) in [7, 11) is 0. The van der Waals surface area contributed by atoms with E-state index in [-0.39, 0.29) is 17.4 Å². The highest BCUT2D eigenvalue weighted by molar-refractivity contribution is 6.46. The number of Topliss-reactive ketones (excluding diaryl/α,β-unsaturated/α-hetero) is 1. The Kier molecular flexibility index (Phi) is 5.50. The molecule has 4 heteroatoms. The van der Waals surface area contributed by atoms with Gasteiger partial charge in [0.25, 0.3) is 11.7 Å². The third kappa shape index (κ3) is 3.45. The first kappa shape index (κ1) is 20.4. The molecule has 156 valence electrons. The lowest BCUT2D eigenvalue weighted by Crippen LogP contribution is -2.37. The van der Waals surface area contributed by atoms with E-state index in [0.717, 1.165) is 48.8 Å². The van der Waals surface area contributed by atoms with Crippen LogP contribution < -0.4 is 0 Å². The first-order valence-corrected chi connectivity index (χ1v) is 10.9. The molecular formula is C26H29NO3. The number of nitrogens with zero attached hydrogens (tertiary/aromatic N) is 1. The lowest BCUT2D eigenvalue weighted by Gasteiger charge is -2.31. The van der Waals surface area contributed by atoms with Crippen molar-refractivity contribution in [3.05, 3.63) is 75.9 Å². The highest BCUT2D eigenvalue weighted by Crippen LogP contribution is 2.43. The van der Waals surface area contributed by atoms with Gasteiger partial charge in [-0.25, -0.2) is 0 Å². The van der Waals surface area contributed by atoms with E-state index in [1.807, 2.05) is 56.3 Å². The number of amides is 1. The van der Waals surface area contributed by atoms with Crippen LogP contribution in [0.1, 0.15) is 66.5 Å². The lowest BCUT2D eigenvalue weighted by atomic mass is 9.93. The van der Waals surface area contributed by atoms with Crippen LogP contribution in [0.5, 0.6) is 0 Å². The molecule has 1 saturated carbocycles. The molecule has 2 aromatic carbocycles. The van der Waals surface area contributed by atoms with Crippen LogP contribution >= 0.6 is 0 Å². The second-order valence-corrected chi connectivity index (χ2v) is 8.54. The molecular weight excluding hydrogens is 374 g/mol. The molecule has 0 bridgehead atoms. The van der Waals surface area contributed by atoms with Crippen molar-refractivity contribution in [3.63, 3.8) is 0 Å². The molecule has 30 heavy (non-hydrogen) atoms. The van der Waals surface area contributed by atoms with Gasteiger partial charge in [-0.15, -0.1) is 0 Å². The molecule has 4 nitrogen and oxygen atoms in total. The van der Waals surface area contributed by atoms with E-state index in [2.05, 4.69) is 6.92 Å². The number of aliphatic hydroxyl groups excluding tert-OH is 1. The minimum absolute atomic E-state index is 0.0438. The average molecular weight is 404 g/mol. The smallest absolute Gasteiger partial charge is 0.295 e. The Hall–Kier alpha value is -2.88. The summed E-state index contributed by atoms with van der Waals surface area (Å²) in [6.07, 6.45) is 4.85. The van der Waals surface area contributed by atoms with Crippen LogP contribution in [0, 0.1) is 13.8 Å². The van der Waals surface area contributed by atoms with Crippen LogP contribution in [0.25, 0.3) is 5.76 Å². The highest BCUT2D eigenvalue weighted by Gasteiger charge is 2.49. The maximum Gasteiger partial charge on any atom is 0.295 e. The minimum atomic E-state index is -0.581. The van der Waals surface area contributed by atoms with Gasteiger partial charge in [0.1, 0.15) is 5.76 Å². The predicted octanol–water partition coefficient (Wildman–Crippen LogP) is 5.23. The van der Waals surface area contributed by atoms with Crippen molar-refractivity contribution < 1.29 is 14.7 Å². The number of aryl methyl sites for hydroxylation is 3. The van der Waals surface area contributed by atoms with Crippen LogP contribution in [0.2, 0.25) is 0 Å². The molecule has 1 atom stereocenters. The van der Waals surface area contributed by atoms with Crippen molar-refractivity contribution in [1.29, 1.82) is 0 Å². The number of ketones is 1. The number of benzene rings is 2. The zero-order valence-electron chi connectivity index (χ0n) is 17.9. The predicted molar refractivity (Wildman–Crippen MR) is 118 cm³/mol. The van der Waals surface area contributed by atoms with Gasteiger partial charge in [0.15, 0.2) is 0 Å². The SMILES string of the molecule is CCc1ccc(C2/C(=C(/O)c3ccc(C)c(C)c3)C(=O)C(=O)N2C2CCCC2)cc1. The second-order valence-electron chi connectivity index (χ2n) is 8.54. The van der Waals surface area contributed by atoms with Crippen LogP contribution in [0.4, 0.5) is 0 Å². The molecule has 2 aliphatic rings. The van der Waals surface area contributed by atoms with E-state index in [1.54, 1.807) is 4.90 Å². The summed E-state index contributed by atoms with van der Waals surface area (Å²) in [5.41, 5.74) is 5.02. The molecule has 0 aromatic heterocycles. The topological polar surface area (TPSA) is 57.6 Å². The van der Waals surface area contributed by atoms with Gasteiger partial charge < -0.3 is 10.0 Å². The number of carbonyl (C=O) groups is 2. The van der Waals surface area contributed by atoms with Crippen LogP contribution in [-0.2, 0) is 16.0 Å². The zero-order valence-corrected chi connectivity index (χ0v) is 17.9. The van der Waals surface area contributed by atoms with Gasteiger partial charge in [0.05, 0.1) is 11.6 Å². The number of carbonyl (C=O) groups excluding carboxylic acids is 2. The molecule has 1 aliphatic heterocycles. The fraction of sp³-hybridized carbons (Fsp3) is 0.385. The fourth-order valence-corrected chi connectivity index (χ4v) is 4.72. The maximum absolute atomic E-state index is 13.1. The highest BCUT2D eigenvalue weighted by atomic mass is 16.3. The van der Waals surface area contributed by atoms with Gasteiger partial charge in [-0.3, -0.25) is 9.59 Å². The van der Waals surface area contributed by atoms with Crippen molar-refractivity contribution >= 4 is 17.4 Å². The summed E-state index contributed by atoms with van der Waals surface area (Å²) < 4.78 is 0. The van der Waals surface area contributed by atoms with E-state index in [4.69, 9.17) is 0 Å². The summed E-state index contributed by atoms with van der Waals surface area (Å²) in [6, 6.07) is 13.2. The Morgan fingerprint density at radius 1 is 1.00 bits per heavy atom. The van der Waals surface area contributed by atoms with Gasteiger partial charge in [-0.1, -0.05) is 56.2 Å². The number of hydrogen-bond acceptors (Lipinski definition) is 3. The standard InChI is InChI=1S/C26H29NO3/c1-4-18-10-13-19(14-11-18)23-22(24(28)20-12-9-16(2)17(3)15-20)25(29)26(30)27(23)21-7-5-6-8-21/h9-15,21,23,28H,4-8H2,1-3H3/b24-22-. The molecule has 1 amide bonds. The monoisotopic (exact) mass is 403 g/mol. The average Bonchev–Trinajstić information content (AvgIpc) is 3.36. The summed E-state index contributed by atoms with van der Waals surface area (Å²) in [5, 5.41) is 11.2. The summed E-state index contributed by atoms with van der Waals surface area (Å²) in [6.45, 7) is 6.08. The quantitative estimate of drug-likeness (QED) is 0.432. The van der Waals surface area contributed by atoms with Crippen molar-refractivity contribution in [2.75, 3.05) is 0 Å². The molecule has 1 unspecified atom stereocenters. The molecule has 4 rings (SSSR count). The molecule has 0 radical (unpaired) electrons. The van der Waals surface area contributed by atoms with Crippen molar-refractivity contribution in [2.45, 2.75) is 65.0 Å². The summed E-state index contributed by atoms with van der Waals surface area (Å²) in [5.74, 6) is -1.15. The third-order valence-corrected chi connectivity index (χ3v) is 6.68. The third-order valence-electron chi connectivity index (χ3n) is 6.68. The van der Waals surface area contributed by atoms with E-state index >= 15 is 0 Å². The zero-order chi connectivity index (χ0) is 21.4. The Labute approximate surface area is 178 Å². The van der Waals surface area contributed by atoms with Crippen LogP contribution in [-0.4, -0.2) is 27.7 Å². The molecule has 1 heterocycles. The summed E-state index contributed by atoms with van der Waals surface area (Å²) >= 11 is 0. The Bertz CT molecular complexity index is 1010.